The van der Waals surface area contributed by atoms with Crippen LogP contribution in [0.3, 0.4) is 0 Å². The number of ether oxygens (including phenoxy) is 1. The molecule has 1 aromatic rings. The summed E-state index contributed by atoms with van der Waals surface area (Å²) >= 11 is 0. The molecule has 1 aromatic heterocycles. The number of rotatable bonds is 21. The zero-order chi connectivity index (χ0) is 36.9. The molecule has 5 atom stereocenters. The van der Waals surface area contributed by atoms with E-state index < -0.39 is 53.7 Å². The first-order chi connectivity index (χ1) is 23.6. The number of hydrogen-bond donors (Lipinski definition) is 5. The number of phosphoric ester groups is 1. The summed E-state index contributed by atoms with van der Waals surface area (Å²) in [6.45, 7) is 5.15. The van der Waals surface area contributed by atoms with Crippen molar-refractivity contribution in [3.05, 3.63) is 89.2 Å². The molecular weight excluding hydrogens is 678 g/mol. The fraction of sp³-hybridized carbons (Fsp3) is 0.515. The van der Waals surface area contributed by atoms with Crippen LogP contribution < -0.4 is 5.69 Å². The fourth-order valence-electron chi connectivity index (χ4n) is 4.17. The molecule has 0 amide bonds. The minimum Gasteiger partial charge on any atom is -0.387 e. The average Bonchev–Trinajstić information content (AvgIpc) is 3.35. The Morgan fingerprint density at radius 2 is 1.51 bits per heavy atom. The maximum absolute atomic E-state index is 12.6. The van der Waals surface area contributed by atoms with Crippen LogP contribution in [0.15, 0.2) is 77.8 Å². The Kier molecular flexibility index (Phi) is 27.2. The van der Waals surface area contributed by atoms with Crippen LogP contribution in [0.4, 0.5) is 0 Å². The quantitative estimate of drug-likeness (QED) is 0.0503. The van der Waals surface area contributed by atoms with Crippen molar-refractivity contribution in [1.82, 2.24) is 9.55 Å². The standard InChI is InChI=1S/C31H43N2O10P.C2H6.H3O2P/c1-2-3-4-5-6-7-8-9-10-11-12-13-14-15-16-17-18-19-26(35)22-25-20-21-33(31(38)32-25)30-29(37)28(36)27(43-30)23-41-44(39,40)42-24-34;1-2;1-3-2/h3-4,6-7,9-10,12-13,15-16,20-21,24,27-30,36-37H,2,5,8,11,14,17-19,22-23H2,1H3,(H,39,40);1-2H3;1-3H/b4-3-,7-6-,10-9-,13-12-,16-15-;;. The van der Waals surface area contributed by atoms with Gasteiger partial charge in [-0.05, 0) is 51.0 Å². The third kappa shape index (κ3) is 21.0. The number of phosphoric acid groups is 1. The number of unbranched alkanes of at least 4 members (excludes halogenated alkanes) is 1. The smallest absolute Gasteiger partial charge is 0.387 e. The van der Waals surface area contributed by atoms with Crippen molar-refractivity contribution >= 4 is 29.1 Å². The summed E-state index contributed by atoms with van der Waals surface area (Å²) in [4.78, 5) is 62.7. The van der Waals surface area contributed by atoms with Crippen molar-refractivity contribution in [2.75, 3.05) is 6.61 Å². The van der Waals surface area contributed by atoms with Gasteiger partial charge in [-0.2, -0.15) is 4.98 Å². The number of carbonyl (C=O) groups is 2. The van der Waals surface area contributed by atoms with E-state index in [-0.39, 0.29) is 24.4 Å². The molecule has 49 heavy (non-hydrogen) atoms. The molecule has 0 radical (unpaired) electrons. The van der Waals surface area contributed by atoms with Crippen LogP contribution in [0.5, 0.6) is 0 Å². The van der Waals surface area contributed by atoms with Gasteiger partial charge in [0.05, 0.1) is 12.3 Å². The van der Waals surface area contributed by atoms with E-state index in [1.807, 2.05) is 19.9 Å². The number of aliphatic hydroxyl groups excluding tert-OH is 2. The molecule has 0 bridgehead atoms. The molecule has 0 aromatic carbocycles. The van der Waals surface area contributed by atoms with Crippen molar-refractivity contribution in [1.29, 1.82) is 0 Å². The van der Waals surface area contributed by atoms with Crippen LogP contribution in [0, 0.1) is 0 Å². The molecule has 1 fully saturated rings. The van der Waals surface area contributed by atoms with E-state index >= 15 is 0 Å². The van der Waals surface area contributed by atoms with Crippen molar-refractivity contribution in [3.8, 4) is 0 Å². The van der Waals surface area contributed by atoms with Crippen LogP contribution in [0.1, 0.15) is 84.1 Å². The van der Waals surface area contributed by atoms with E-state index in [0.29, 0.717) is 12.8 Å². The summed E-state index contributed by atoms with van der Waals surface area (Å²) in [7, 11) is -5.62. The molecule has 2 rings (SSSR count). The number of carbonyl (C=O) groups excluding carboxylic acids is 2. The first kappa shape index (κ1) is 46.1. The number of nitrogens with zero attached hydrogens (tertiary/aromatic N) is 2. The highest BCUT2D eigenvalue weighted by molar-refractivity contribution is 7.47. The first-order valence-corrected chi connectivity index (χ1v) is 18.5. The lowest BCUT2D eigenvalue weighted by Gasteiger charge is -2.17. The van der Waals surface area contributed by atoms with Gasteiger partial charge in [0, 0.05) is 19.0 Å². The topological polar surface area (TPSA) is 215 Å². The minimum atomic E-state index is -4.70. The number of allylic oxidation sites excluding steroid dienone is 10. The van der Waals surface area contributed by atoms with Crippen molar-refractivity contribution in [2.24, 2.45) is 0 Å². The third-order valence-corrected chi connectivity index (χ3v) is 7.27. The first-order valence-electron chi connectivity index (χ1n) is 16.1. The maximum Gasteiger partial charge on any atom is 0.529 e. The minimum absolute atomic E-state index is 0.0303. The predicted octanol–water partition coefficient (Wildman–Crippen LogP) is 4.69. The summed E-state index contributed by atoms with van der Waals surface area (Å²) in [5.41, 5.74) is -0.560. The monoisotopic (exact) mass is 730 g/mol. The fourth-order valence-corrected chi connectivity index (χ4v) is 4.67. The Bertz CT molecular complexity index is 1310. The number of Topliss-reactive ketones (excluding diaryl/α,β-unsaturated/α-hetero) is 1. The van der Waals surface area contributed by atoms with E-state index in [0.717, 1.165) is 43.1 Å². The van der Waals surface area contributed by atoms with Crippen LogP contribution in [-0.2, 0) is 34.4 Å². The lowest BCUT2D eigenvalue weighted by Crippen LogP contribution is -2.36. The normalized spacial score (nSPS) is 20.4. The molecule has 0 aliphatic carbocycles. The summed E-state index contributed by atoms with van der Waals surface area (Å²) in [6.07, 6.45) is 23.2. The van der Waals surface area contributed by atoms with Gasteiger partial charge in [0.25, 0.3) is 0 Å². The van der Waals surface area contributed by atoms with Gasteiger partial charge in [0.15, 0.2) is 6.23 Å². The second-order valence-corrected chi connectivity index (χ2v) is 11.6. The third-order valence-electron chi connectivity index (χ3n) is 6.44. The predicted molar refractivity (Wildman–Crippen MR) is 188 cm³/mol. The van der Waals surface area contributed by atoms with E-state index in [1.165, 1.54) is 12.3 Å². The summed E-state index contributed by atoms with van der Waals surface area (Å²) in [6, 6.07) is 1.44. The van der Waals surface area contributed by atoms with Gasteiger partial charge in [-0.1, -0.05) is 81.5 Å². The molecule has 1 aliphatic heterocycles. The molecular formula is C33H52N2O12P2. The Morgan fingerprint density at radius 3 is 2.02 bits per heavy atom. The van der Waals surface area contributed by atoms with E-state index in [4.69, 9.17) is 14.5 Å². The van der Waals surface area contributed by atoms with E-state index in [2.05, 4.69) is 75.6 Å². The van der Waals surface area contributed by atoms with Crippen LogP contribution >= 0.6 is 16.9 Å². The molecule has 5 unspecified atom stereocenters. The number of ketones is 1. The van der Waals surface area contributed by atoms with Gasteiger partial charge in [-0.3, -0.25) is 23.6 Å². The average molecular weight is 731 g/mol. The van der Waals surface area contributed by atoms with E-state index in [1.54, 1.807) is 0 Å². The molecule has 1 aliphatic rings. The van der Waals surface area contributed by atoms with Gasteiger partial charge in [-0.25, -0.2) is 9.36 Å². The highest BCUT2D eigenvalue weighted by Crippen LogP contribution is 2.43. The van der Waals surface area contributed by atoms with Crippen LogP contribution in [0.2, 0.25) is 0 Å². The largest absolute Gasteiger partial charge is 0.529 e. The highest BCUT2D eigenvalue weighted by atomic mass is 31.2. The highest BCUT2D eigenvalue weighted by Gasteiger charge is 2.45. The van der Waals surface area contributed by atoms with Gasteiger partial charge >= 0.3 is 20.0 Å². The lowest BCUT2D eigenvalue weighted by molar-refractivity contribution is -0.122. The summed E-state index contributed by atoms with van der Waals surface area (Å²) < 4.78 is 26.3. The SMILES string of the molecule is CC.CC/C=C\C/C=C\C/C=C\C/C=C\C/C=C\CCCC(=O)Cc1ccn(C2OC(COP(=O)(O)OC=O)C(O)C2O)c(=O)n1.OPO. The van der Waals surface area contributed by atoms with Crippen LogP contribution in [0.25, 0.3) is 0 Å². The summed E-state index contributed by atoms with van der Waals surface area (Å²) in [5.74, 6) is -0.0715. The van der Waals surface area contributed by atoms with Gasteiger partial charge in [0.2, 0.25) is 0 Å². The van der Waals surface area contributed by atoms with Crippen molar-refractivity contribution in [2.45, 2.75) is 103 Å². The Labute approximate surface area is 290 Å². The Balaban J connectivity index is 0.00000435. The zero-order valence-corrected chi connectivity index (χ0v) is 30.2. The summed E-state index contributed by atoms with van der Waals surface area (Å²) in [5, 5.41) is 20.5. The maximum atomic E-state index is 12.6. The molecule has 276 valence electrons. The second kappa shape index (κ2) is 28.9. The molecule has 2 heterocycles. The number of hydrogen-bond acceptors (Lipinski definition) is 12. The Hall–Kier alpha value is -2.90. The number of aliphatic hydroxyl groups is 2. The molecule has 14 nitrogen and oxygen atoms in total. The van der Waals surface area contributed by atoms with Gasteiger partial charge in [-0.15, -0.1) is 0 Å². The lowest BCUT2D eigenvalue weighted by atomic mass is 10.1. The van der Waals surface area contributed by atoms with Crippen LogP contribution in [-0.4, -0.2) is 71.6 Å². The second-order valence-electron chi connectivity index (χ2n) is 10.0. The van der Waals surface area contributed by atoms with Crippen molar-refractivity contribution < 1.29 is 52.8 Å². The number of aromatic nitrogens is 2. The molecule has 0 saturated carbocycles. The van der Waals surface area contributed by atoms with Gasteiger partial charge < -0.3 is 29.3 Å². The van der Waals surface area contributed by atoms with Gasteiger partial charge in [0.1, 0.15) is 33.1 Å². The Morgan fingerprint density at radius 1 is 0.980 bits per heavy atom. The van der Waals surface area contributed by atoms with E-state index in [9.17, 15) is 34.1 Å². The molecule has 0 spiro atoms. The molecule has 1 saturated heterocycles. The molecule has 16 heteroatoms. The van der Waals surface area contributed by atoms with Crippen molar-refractivity contribution in [3.63, 3.8) is 0 Å². The molecule has 5 N–H and O–H groups in total. The zero-order valence-electron chi connectivity index (χ0n) is 28.3.